The summed E-state index contributed by atoms with van der Waals surface area (Å²) in [6, 6.07) is 15.9. The fourth-order valence-corrected chi connectivity index (χ4v) is 2.39. The van der Waals surface area contributed by atoms with Crippen molar-refractivity contribution in [2.24, 2.45) is 10.2 Å². The molecule has 0 bridgehead atoms. The zero-order valence-corrected chi connectivity index (χ0v) is 13.1. The van der Waals surface area contributed by atoms with E-state index < -0.39 is 15.9 Å². The van der Waals surface area contributed by atoms with Crippen molar-refractivity contribution in [2.45, 2.75) is 12.8 Å². The molecule has 0 saturated heterocycles. The molecule has 0 heterocycles. The molecule has 0 radical (unpaired) electrons. The van der Waals surface area contributed by atoms with E-state index in [-0.39, 0.29) is 18.6 Å². The molecular weight excluding hydrogens is 316 g/mol. The highest BCUT2D eigenvalue weighted by molar-refractivity contribution is 7.85. The number of azo groups is 1. The molecule has 0 aromatic heterocycles. The molecule has 2 aromatic rings. The first-order valence-corrected chi connectivity index (χ1v) is 8.60. The first-order chi connectivity index (χ1) is 10.9. The van der Waals surface area contributed by atoms with E-state index in [2.05, 4.69) is 10.2 Å². The van der Waals surface area contributed by atoms with E-state index in [0.29, 0.717) is 11.3 Å². The Bertz CT molecular complexity index is 785. The Labute approximate surface area is 134 Å². The smallest absolute Gasteiger partial charge is 0.264 e. The van der Waals surface area contributed by atoms with Gasteiger partial charge in [0.25, 0.3) is 10.1 Å². The average molecular weight is 332 g/mol. The van der Waals surface area contributed by atoms with Gasteiger partial charge in [-0.2, -0.15) is 18.6 Å². The Balaban J connectivity index is 1.94. The van der Waals surface area contributed by atoms with Crippen molar-refractivity contribution in [3.05, 3.63) is 60.2 Å². The zero-order chi connectivity index (χ0) is 16.7. The van der Waals surface area contributed by atoms with Gasteiger partial charge in [0.2, 0.25) is 0 Å². The van der Waals surface area contributed by atoms with Crippen LogP contribution < -0.4 is 0 Å². The maximum atomic E-state index is 11.9. The summed E-state index contributed by atoms with van der Waals surface area (Å²) in [5.41, 5.74) is 1.82. The van der Waals surface area contributed by atoms with Gasteiger partial charge in [-0.1, -0.05) is 18.2 Å². The van der Waals surface area contributed by atoms with Crippen LogP contribution in [0.5, 0.6) is 0 Å². The molecule has 2 rings (SSSR count). The van der Waals surface area contributed by atoms with Crippen LogP contribution in [0.25, 0.3) is 0 Å². The van der Waals surface area contributed by atoms with Gasteiger partial charge in [-0.05, 0) is 42.8 Å². The largest absolute Gasteiger partial charge is 0.294 e. The maximum absolute atomic E-state index is 11.9. The van der Waals surface area contributed by atoms with Gasteiger partial charge in [0.1, 0.15) is 0 Å². The molecule has 0 atom stereocenters. The predicted molar refractivity (Wildman–Crippen MR) is 87.0 cm³/mol. The molecule has 0 aliphatic rings. The van der Waals surface area contributed by atoms with Crippen molar-refractivity contribution in [2.75, 3.05) is 5.75 Å². The lowest BCUT2D eigenvalue weighted by atomic mass is 10.1. The Hall–Kier alpha value is -2.38. The highest BCUT2D eigenvalue weighted by Gasteiger charge is 2.09. The van der Waals surface area contributed by atoms with Crippen LogP contribution in [-0.4, -0.2) is 24.5 Å². The zero-order valence-electron chi connectivity index (χ0n) is 12.3. The number of rotatable bonds is 7. The van der Waals surface area contributed by atoms with Crippen LogP contribution in [0.1, 0.15) is 23.2 Å². The number of Topliss-reactive ketones (excluding diaryl/α,β-unsaturated/α-hetero) is 1. The quantitative estimate of drug-likeness (QED) is 0.471. The molecular formula is C16H16N2O4S. The second-order valence-electron chi connectivity index (χ2n) is 4.90. The van der Waals surface area contributed by atoms with E-state index in [1.165, 1.54) is 0 Å². The fourth-order valence-electron chi connectivity index (χ4n) is 1.88. The van der Waals surface area contributed by atoms with E-state index >= 15 is 0 Å². The summed E-state index contributed by atoms with van der Waals surface area (Å²) in [5.74, 6) is -0.595. The number of benzene rings is 2. The number of nitrogens with zero attached hydrogens (tertiary/aromatic N) is 2. The van der Waals surface area contributed by atoms with Crippen molar-refractivity contribution in [1.29, 1.82) is 0 Å². The van der Waals surface area contributed by atoms with E-state index in [0.717, 1.165) is 5.69 Å². The monoisotopic (exact) mass is 332 g/mol. The minimum absolute atomic E-state index is 0.0602. The summed E-state index contributed by atoms with van der Waals surface area (Å²) in [7, 11) is -4.02. The second kappa shape index (κ2) is 7.75. The number of carbonyl (C=O) groups excluding carboxylic acids is 1. The number of hydrogen-bond donors (Lipinski definition) is 1. The van der Waals surface area contributed by atoms with Crippen LogP contribution >= 0.6 is 0 Å². The Morgan fingerprint density at radius 3 is 2.04 bits per heavy atom. The van der Waals surface area contributed by atoms with Crippen molar-refractivity contribution in [1.82, 2.24) is 0 Å². The predicted octanol–water partition coefficient (Wildman–Crippen LogP) is 3.95. The first-order valence-electron chi connectivity index (χ1n) is 6.99. The maximum Gasteiger partial charge on any atom is 0.264 e. The SMILES string of the molecule is O=C(CCCS(=O)(=O)O)c1ccc(N=Nc2ccccc2)cc1. The van der Waals surface area contributed by atoms with Crippen LogP contribution in [0.15, 0.2) is 64.8 Å². The summed E-state index contributed by atoms with van der Waals surface area (Å²) < 4.78 is 29.8. The second-order valence-corrected chi connectivity index (χ2v) is 6.47. The molecule has 6 nitrogen and oxygen atoms in total. The third-order valence-corrected chi connectivity index (χ3v) is 3.84. The van der Waals surface area contributed by atoms with Crippen molar-refractivity contribution in [3.8, 4) is 0 Å². The minimum Gasteiger partial charge on any atom is -0.294 e. The van der Waals surface area contributed by atoms with E-state index in [9.17, 15) is 13.2 Å². The van der Waals surface area contributed by atoms with Gasteiger partial charge in [-0.15, -0.1) is 0 Å². The molecule has 0 saturated carbocycles. The van der Waals surface area contributed by atoms with Gasteiger partial charge < -0.3 is 0 Å². The molecule has 1 N–H and O–H groups in total. The molecule has 0 unspecified atom stereocenters. The Morgan fingerprint density at radius 2 is 1.48 bits per heavy atom. The molecule has 0 aliphatic carbocycles. The van der Waals surface area contributed by atoms with Crippen LogP contribution in [0.4, 0.5) is 11.4 Å². The van der Waals surface area contributed by atoms with Crippen molar-refractivity contribution >= 4 is 27.3 Å². The van der Waals surface area contributed by atoms with Gasteiger partial charge in [-0.25, -0.2) is 0 Å². The molecule has 120 valence electrons. The van der Waals surface area contributed by atoms with E-state index in [4.69, 9.17) is 4.55 Å². The van der Waals surface area contributed by atoms with Crippen LogP contribution in [-0.2, 0) is 10.1 Å². The summed E-state index contributed by atoms with van der Waals surface area (Å²) in [4.78, 5) is 11.9. The molecule has 0 amide bonds. The van der Waals surface area contributed by atoms with Crippen LogP contribution in [0, 0.1) is 0 Å². The number of ketones is 1. The van der Waals surface area contributed by atoms with Gasteiger partial charge >= 0.3 is 0 Å². The summed E-state index contributed by atoms with van der Waals surface area (Å²) in [6.45, 7) is 0. The molecule has 0 fully saturated rings. The summed E-state index contributed by atoms with van der Waals surface area (Å²) in [5, 5.41) is 8.15. The Morgan fingerprint density at radius 1 is 0.913 bits per heavy atom. The Kier molecular flexibility index (Phi) is 5.72. The number of hydrogen-bond acceptors (Lipinski definition) is 5. The molecule has 0 spiro atoms. The normalized spacial score (nSPS) is 11.7. The fraction of sp³-hybridized carbons (Fsp3) is 0.188. The van der Waals surface area contributed by atoms with Gasteiger partial charge in [0, 0.05) is 12.0 Å². The number of carbonyl (C=O) groups is 1. The van der Waals surface area contributed by atoms with Gasteiger partial charge in [0.15, 0.2) is 5.78 Å². The summed E-state index contributed by atoms with van der Waals surface area (Å²) in [6.07, 6.45) is 0.151. The van der Waals surface area contributed by atoms with E-state index in [1.807, 2.05) is 30.3 Å². The third kappa shape index (κ3) is 6.09. The van der Waals surface area contributed by atoms with Crippen molar-refractivity contribution < 1.29 is 17.8 Å². The van der Waals surface area contributed by atoms with E-state index in [1.54, 1.807) is 24.3 Å². The van der Waals surface area contributed by atoms with Crippen molar-refractivity contribution in [3.63, 3.8) is 0 Å². The average Bonchev–Trinajstić information content (AvgIpc) is 2.53. The minimum atomic E-state index is -4.02. The highest BCUT2D eigenvalue weighted by Crippen LogP contribution is 2.19. The molecule has 2 aromatic carbocycles. The van der Waals surface area contributed by atoms with Crippen LogP contribution in [0.2, 0.25) is 0 Å². The summed E-state index contributed by atoms with van der Waals surface area (Å²) >= 11 is 0. The van der Waals surface area contributed by atoms with Gasteiger partial charge in [-0.3, -0.25) is 9.35 Å². The lowest BCUT2D eigenvalue weighted by Gasteiger charge is -2.01. The topological polar surface area (TPSA) is 96.2 Å². The highest BCUT2D eigenvalue weighted by atomic mass is 32.2. The molecule has 23 heavy (non-hydrogen) atoms. The lowest BCUT2D eigenvalue weighted by molar-refractivity contribution is 0.0982. The first kappa shape index (κ1) is 17.0. The molecule has 7 heteroatoms. The van der Waals surface area contributed by atoms with Crippen LogP contribution in [0.3, 0.4) is 0 Å². The third-order valence-electron chi connectivity index (χ3n) is 3.03. The van der Waals surface area contributed by atoms with Gasteiger partial charge in [0.05, 0.1) is 17.1 Å². The molecule has 0 aliphatic heterocycles. The standard InChI is InChI=1S/C16H16N2O4S/c19-16(7-4-12-23(20,21)22)13-8-10-15(11-9-13)18-17-14-5-2-1-3-6-14/h1-3,5-6,8-11H,4,7,12H2,(H,20,21,22). The lowest BCUT2D eigenvalue weighted by Crippen LogP contribution is -2.07.